The summed E-state index contributed by atoms with van der Waals surface area (Å²) < 4.78 is 0.872. The molecule has 2 amide bonds. The molecule has 1 aromatic carbocycles. The molecule has 3 rings (SSSR count). The average molecular weight is 384 g/mol. The van der Waals surface area contributed by atoms with Gasteiger partial charge in [0, 0.05) is 9.49 Å². The molecule has 2 N–H and O–H groups in total. The van der Waals surface area contributed by atoms with Crippen molar-refractivity contribution in [3.05, 3.63) is 33.4 Å². The Bertz CT molecular complexity index is 534. The Morgan fingerprint density at radius 3 is 2.35 bits per heavy atom. The van der Waals surface area contributed by atoms with Crippen LogP contribution in [0.25, 0.3) is 0 Å². The first-order chi connectivity index (χ1) is 9.68. The van der Waals surface area contributed by atoms with Crippen molar-refractivity contribution in [1.82, 2.24) is 10.9 Å². The molecule has 2 saturated carbocycles. The number of carbonyl (C=O) groups is 2. The summed E-state index contributed by atoms with van der Waals surface area (Å²) in [6, 6.07) is 7.31. The van der Waals surface area contributed by atoms with Gasteiger partial charge in [-0.05, 0) is 59.4 Å². The number of hydrazine groups is 1. The second kappa shape index (κ2) is 5.71. The van der Waals surface area contributed by atoms with E-state index in [0.29, 0.717) is 17.4 Å². The molecule has 4 nitrogen and oxygen atoms in total. The third-order valence-electron chi connectivity index (χ3n) is 4.38. The predicted octanol–water partition coefficient (Wildman–Crippen LogP) is 2.49. The van der Waals surface area contributed by atoms with Crippen LogP contribution in [-0.4, -0.2) is 11.8 Å². The van der Waals surface area contributed by atoms with Crippen molar-refractivity contribution >= 4 is 34.4 Å². The second-order valence-electron chi connectivity index (χ2n) is 5.56. The molecule has 2 aliphatic carbocycles. The second-order valence-corrected chi connectivity index (χ2v) is 6.72. The Morgan fingerprint density at radius 2 is 1.70 bits per heavy atom. The smallest absolute Gasteiger partial charge is 0.270 e. The number of hydrogen-bond donors (Lipinski definition) is 2. The molecule has 5 heteroatoms. The van der Waals surface area contributed by atoms with Crippen LogP contribution in [0, 0.1) is 21.3 Å². The van der Waals surface area contributed by atoms with E-state index in [2.05, 4.69) is 33.4 Å². The van der Waals surface area contributed by atoms with Crippen molar-refractivity contribution in [2.45, 2.75) is 25.7 Å². The molecule has 1 unspecified atom stereocenters. The number of amides is 2. The maximum absolute atomic E-state index is 12.1. The van der Waals surface area contributed by atoms with Crippen LogP contribution in [0.2, 0.25) is 0 Å². The lowest BCUT2D eigenvalue weighted by atomic mass is 10.0. The fourth-order valence-corrected chi connectivity index (χ4v) is 3.93. The van der Waals surface area contributed by atoms with E-state index in [9.17, 15) is 9.59 Å². The molecule has 0 heterocycles. The van der Waals surface area contributed by atoms with Gasteiger partial charge in [-0.25, -0.2) is 0 Å². The van der Waals surface area contributed by atoms with Gasteiger partial charge < -0.3 is 0 Å². The number of benzene rings is 1. The molecule has 0 bridgehead atoms. The molecule has 1 aromatic rings. The standard InChI is InChI=1S/C15H17IN2O2/c16-12-8-4-3-7-11(12)14(19)17-18-15(20)13-9-5-1-2-6-10(9)13/h3-4,7-10,13H,1-2,5-6H2,(H,17,19)(H,18,20)/t9-,10+,13?. The summed E-state index contributed by atoms with van der Waals surface area (Å²) in [7, 11) is 0. The van der Waals surface area contributed by atoms with Gasteiger partial charge in [0.2, 0.25) is 5.91 Å². The highest BCUT2D eigenvalue weighted by Crippen LogP contribution is 2.55. The van der Waals surface area contributed by atoms with Gasteiger partial charge >= 0.3 is 0 Å². The lowest BCUT2D eigenvalue weighted by Gasteiger charge is -2.08. The topological polar surface area (TPSA) is 58.2 Å². The molecule has 0 aromatic heterocycles. The molecule has 0 saturated heterocycles. The van der Waals surface area contributed by atoms with E-state index in [0.717, 1.165) is 16.4 Å². The summed E-state index contributed by atoms with van der Waals surface area (Å²) in [6.07, 6.45) is 4.79. The van der Waals surface area contributed by atoms with Gasteiger partial charge in [-0.1, -0.05) is 25.0 Å². The highest BCUT2D eigenvalue weighted by Gasteiger charge is 2.54. The zero-order chi connectivity index (χ0) is 14.1. The molecule has 2 aliphatic rings. The Balaban J connectivity index is 1.54. The molecular weight excluding hydrogens is 367 g/mol. The van der Waals surface area contributed by atoms with Gasteiger partial charge in [0.1, 0.15) is 0 Å². The Hall–Kier alpha value is -1.11. The van der Waals surface area contributed by atoms with E-state index in [1.807, 2.05) is 18.2 Å². The first kappa shape index (κ1) is 13.9. The Morgan fingerprint density at radius 1 is 1.05 bits per heavy atom. The quantitative estimate of drug-likeness (QED) is 0.608. The van der Waals surface area contributed by atoms with Gasteiger partial charge in [0.25, 0.3) is 5.91 Å². The highest BCUT2D eigenvalue weighted by atomic mass is 127. The lowest BCUT2D eigenvalue weighted by Crippen LogP contribution is -2.43. The Labute approximate surface area is 131 Å². The zero-order valence-corrected chi connectivity index (χ0v) is 13.2. The number of halogens is 1. The van der Waals surface area contributed by atoms with Crippen LogP contribution in [0.3, 0.4) is 0 Å². The molecule has 0 spiro atoms. The normalized spacial score (nSPS) is 27.4. The number of carbonyl (C=O) groups excluding carboxylic acids is 2. The van der Waals surface area contributed by atoms with Crippen LogP contribution >= 0.6 is 22.6 Å². The van der Waals surface area contributed by atoms with Crippen LogP contribution in [-0.2, 0) is 4.79 Å². The summed E-state index contributed by atoms with van der Waals surface area (Å²) in [5.74, 6) is 0.941. The van der Waals surface area contributed by atoms with Gasteiger partial charge in [0.15, 0.2) is 0 Å². The van der Waals surface area contributed by atoms with E-state index >= 15 is 0 Å². The van der Waals surface area contributed by atoms with E-state index in [1.165, 1.54) is 12.8 Å². The van der Waals surface area contributed by atoms with Crippen LogP contribution < -0.4 is 10.9 Å². The van der Waals surface area contributed by atoms with Crippen LogP contribution in [0.1, 0.15) is 36.0 Å². The first-order valence-corrected chi connectivity index (χ1v) is 8.11. The van der Waals surface area contributed by atoms with Crippen LogP contribution in [0.4, 0.5) is 0 Å². The van der Waals surface area contributed by atoms with Gasteiger partial charge in [-0.15, -0.1) is 0 Å². The summed E-state index contributed by atoms with van der Waals surface area (Å²) >= 11 is 2.11. The molecule has 106 valence electrons. The molecule has 3 atom stereocenters. The van der Waals surface area contributed by atoms with E-state index in [4.69, 9.17) is 0 Å². The molecule has 20 heavy (non-hydrogen) atoms. The number of hydrogen-bond acceptors (Lipinski definition) is 2. The minimum Gasteiger partial charge on any atom is -0.273 e. The average Bonchev–Trinajstić information content (AvgIpc) is 3.19. The van der Waals surface area contributed by atoms with Crippen molar-refractivity contribution in [2.75, 3.05) is 0 Å². The zero-order valence-electron chi connectivity index (χ0n) is 11.1. The van der Waals surface area contributed by atoms with E-state index < -0.39 is 0 Å². The van der Waals surface area contributed by atoms with Crippen LogP contribution in [0.5, 0.6) is 0 Å². The maximum Gasteiger partial charge on any atom is 0.270 e. The van der Waals surface area contributed by atoms with Gasteiger partial charge in [-0.2, -0.15) is 0 Å². The van der Waals surface area contributed by atoms with Crippen molar-refractivity contribution in [3.8, 4) is 0 Å². The minimum atomic E-state index is -0.257. The summed E-state index contributed by atoms with van der Waals surface area (Å²) in [6.45, 7) is 0. The molecular formula is C15H17IN2O2. The van der Waals surface area contributed by atoms with Gasteiger partial charge in [-0.3, -0.25) is 20.4 Å². The monoisotopic (exact) mass is 384 g/mol. The third kappa shape index (κ3) is 2.68. The van der Waals surface area contributed by atoms with Gasteiger partial charge in [0.05, 0.1) is 5.56 Å². The molecule has 2 fully saturated rings. The molecule has 0 aliphatic heterocycles. The van der Waals surface area contributed by atoms with E-state index in [1.54, 1.807) is 6.07 Å². The number of rotatable bonds is 2. The fraction of sp³-hybridized carbons (Fsp3) is 0.467. The molecule has 0 radical (unpaired) electrons. The SMILES string of the molecule is O=C(NNC(=O)C1[C@H]2CCCC[C@@H]12)c1ccccc1I. The highest BCUT2D eigenvalue weighted by molar-refractivity contribution is 14.1. The fourth-order valence-electron chi connectivity index (χ4n) is 3.30. The van der Waals surface area contributed by atoms with Crippen molar-refractivity contribution in [2.24, 2.45) is 17.8 Å². The third-order valence-corrected chi connectivity index (χ3v) is 5.32. The largest absolute Gasteiger partial charge is 0.273 e. The van der Waals surface area contributed by atoms with Crippen molar-refractivity contribution in [1.29, 1.82) is 0 Å². The first-order valence-electron chi connectivity index (χ1n) is 7.03. The Kier molecular flexibility index (Phi) is 3.96. The lowest BCUT2D eigenvalue weighted by molar-refractivity contribution is -0.123. The minimum absolute atomic E-state index is 0.0267. The van der Waals surface area contributed by atoms with E-state index in [-0.39, 0.29) is 17.7 Å². The summed E-state index contributed by atoms with van der Waals surface area (Å²) in [4.78, 5) is 24.1. The maximum atomic E-state index is 12.1. The summed E-state index contributed by atoms with van der Waals surface area (Å²) in [5, 5.41) is 0. The van der Waals surface area contributed by atoms with Crippen LogP contribution in [0.15, 0.2) is 24.3 Å². The van der Waals surface area contributed by atoms with Crippen molar-refractivity contribution in [3.63, 3.8) is 0 Å². The predicted molar refractivity (Wildman–Crippen MR) is 83.7 cm³/mol. The van der Waals surface area contributed by atoms with Crippen molar-refractivity contribution < 1.29 is 9.59 Å². The number of fused-ring (bicyclic) bond motifs is 1. The number of nitrogens with one attached hydrogen (secondary N) is 2. The summed E-state index contributed by atoms with van der Waals surface area (Å²) in [5.41, 5.74) is 5.70.